The molecule has 2 atom stereocenters. The number of nitrogens with two attached hydrogens (primary N) is 1. The highest BCUT2D eigenvalue weighted by molar-refractivity contribution is 6.31. The van der Waals surface area contributed by atoms with E-state index in [4.69, 9.17) is 17.3 Å². The molecule has 0 radical (unpaired) electrons. The summed E-state index contributed by atoms with van der Waals surface area (Å²) in [4.78, 5) is 27.4. The molecule has 1 heterocycles. The zero-order chi connectivity index (χ0) is 24.9. The Kier molecular flexibility index (Phi) is 7.48. The van der Waals surface area contributed by atoms with E-state index >= 15 is 0 Å². The summed E-state index contributed by atoms with van der Waals surface area (Å²) >= 11 is 5.84. The highest BCUT2D eigenvalue weighted by Crippen LogP contribution is 2.33. The summed E-state index contributed by atoms with van der Waals surface area (Å²) in [7, 11) is 1.98. The van der Waals surface area contributed by atoms with Gasteiger partial charge in [0.1, 0.15) is 5.82 Å². The van der Waals surface area contributed by atoms with Crippen molar-refractivity contribution in [2.24, 2.45) is 5.92 Å². The fraction of sp³-hybridized carbons (Fsp3) is 0.185. The Morgan fingerprint density at radius 2 is 1.80 bits per heavy atom. The van der Waals surface area contributed by atoms with Crippen molar-refractivity contribution in [3.8, 4) is 0 Å². The van der Waals surface area contributed by atoms with Gasteiger partial charge in [-0.25, -0.2) is 4.39 Å². The minimum Gasteiger partial charge on any atom is -0.397 e. The summed E-state index contributed by atoms with van der Waals surface area (Å²) in [5.41, 5.74) is 9.28. The number of rotatable bonds is 6. The van der Waals surface area contributed by atoms with Crippen molar-refractivity contribution in [1.29, 1.82) is 0 Å². The Morgan fingerprint density at radius 3 is 2.51 bits per heavy atom. The van der Waals surface area contributed by atoms with Crippen LogP contribution >= 0.6 is 11.6 Å². The summed E-state index contributed by atoms with van der Waals surface area (Å²) < 4.78 is 13.4. The van der Waals surface area contributed by atoms with Crippen LogP contribution in [0.25, 0.3) is 6.08 Å². The van der Waals surface area contributed by atoms with Gasteiger partial charge in [-0.3, -0.25) is 9.59 Å². The van der Waals surface area contributed by atoms with Crippen molar-refractivity contribution in [1.82, 2.24) is 4.90 Å². The molecular weight excluding hydrogens is 467 g/mol. The molecule has 3 aromatic rings. The SMILES string of the molecule is CN1CC(C(=O)Nc2ccc(F)c(Cl)c2)C(c2ccc(/C=C/C(=O)Nc3ccccc3N)cc2)C1. The molecule has 0 aromatic heterocycles. The lowest BCUT2D eigenvalue weighted by molar-refractivity contribution is -0.119. The third kappa shape index (κ3) is 6.07. The van der Waals surface area contributed by atoms with Gasteiger partial charge in [0.2, 0.25) is 11.8 Å². The van der Waals surface area contributed by atoms with E-state index in [1.165, 1.54) is 24.3 Å². The molecule has 4 N–H and O–H groups in total. The number of nitrogens with zero attached hydrogens (tertiary/aromatic N) is 1. The van der Waals surface area contributed by atoms with E-state index in [1.807, 2.05) is 31.3 Å². The lowest BCUT2D eigenvalue weighted by Gasteiger charge is -2.19. The van der Waals surface area contributed by atoms with Crippen molar-refractivity contribution >= 4 is 46.6 Å². The first-order valence-corrected chi connectivity index (χ1v) is 11.6. The Hall–Kier alpha value is -3.68. The molecular formula is C27H26ClFN4O2. The molecule has 4 rings (SSSR count). The molecule has 8 heteroatoms. The highest BCUT2D eigenvalue weighted by Gasteiger charge is 2.37. The maximum atomic E-state index is 13.4. The predicted octanol–water partition coefficient (Wildman–Crippen LogP) is 5.00. The van der Waals surface area contributed by atoms with Gasteiger partial charge in [-0.2, -0.15) is 0 Å². The van der Waals surface area contributed by atoms with Crippen LogP contribution in [0.4, 0.5) is 21.5 Å². The number of amides is 2. The number of para-hydroxylation sites is 2. The average Bonchev–Trinajstić information content (AvgIpc) is 3.24. The van der Waals surface area contributed by atoms with E-state index in [0.717, 1.165) is 17.7 Å². The van der Waals surface area contributed by atoms with Gasteiger partial charge in [0.25, 0.3) is 0 Å². The van der Waals surface area contributed by atoms with Gasteiger partial charge in [-0.05, 0) is 54.6 Å². The minimum atomic E-state index is -0.529. The van der Waals surface area contributed by atoms with Crippen LogP contribution < -0.4 is 16.4 Å². The van der Waals surface area contributed by atoms with Gasteiger partial charge in [-0.1, -0.05) is 48.0 Å². The topological polar surface area (TPSA) is 87.5 Å². The van der Waals surface area contributed by atoms with E-state index in [1.54, 1.807) is 30.3 Å². The number of likely N-dealkylation sites (tertiary alicyclic amines) is 1. The van der Waals surface area contributed by atoms with Crippen LogP contribution in [-0.2, 0) is 9.59 Å². The van der Waals surface area contributed by atoms with Gasteiger partial charge in [0, 0.05) is 30.8 Å². The van der Waals surface area contributed by atoms with E-state index in [2.05, 4.69) is 15.5 Å². The van der Waals surface area contributed by atoms with Gasteiger partial charge in [0.05, 0.1) is 22.3 Å². The first-order chi connectivity index (χ1) is 16.8. The molecule has 1 aliphatic heterocycles. The van der Waals surface area contributed by atoms with Crippen molar-refractivity contribution in [2.45, 2.75) is 5.92 Å². The number of benzene rings is 3. The molecule has 1 fully saturated rings. The first kappa shape index (κ1) is 24.4. The van der Waals surface area contributed by atoms with Crippen LogP contribution in [0.3, 0.4) is 0 Å². The second kappa shape index (κ2) is 10.7. The van der Waals surface area contributed by atoms with Crippen LogP contribution in [0.15, 0.2) is 72.8 Å². The number of likely N-dealkylation sites (N-methyl/N-ethyl adjacent to an activating group) is 1. The first-order valence-electron chi connectivity index (χ1n) is 11.2. The largest absolute Gasteiger partial charge is 0.397 e. The summed E-state index contributed by atoms with van der Waals surface area (Å²) in [6, 6.07) is 19.0. The van der Waals surface area contributed by atoms with Gasteiger partial charge in [0.15, 0.2) is 0 Å². The third-order valence-electron chi connectivity index (χ3n) is 6.04. The molecule has 6 nitrogen and oxygen atoms in total. The number of nitrogens with one attached hydrogen (secondary N) is 2. The van der Waals surface area contributed by atoms with Gasteiger partial charge < -0.3 is 21.3 Å². The lowest BCUT2D eigenvalue weighted by Crippen LogP contribution is -2.28. The van der Waals surface area contributed by atoms with E-state index in [-0.39, 0.29) is 28.7 Å². The van der Waals surface area contributed by atoms with Crippen LogP contribution in [0.2, 0.25) is 5.02 Å². The number of nitrogen functional groups attached to an aromatic ring is 1. The summed E-state index contributed by atoms with van der Waals surface area (Å²) in [5.74, 6) is -1.21. The number of carbonyl (C=O) groups excluding carboxylic acids is 2. The van der Waals surface area contributed by atoms with Crippen molar-refractivity contribution in [3.63, 3.8) is 0 Å². The van der Waals surface area contributed by atoms with Gasteiger partial charge >= 0.3 is 0 Å². The fourth-order valence-corrected chi connectivity index (χ4v) is 4.40. The van der Waals surface area contributed by atoms with Crippen LogP contribution in [0.1, 0.15) is 17.0 Å². The zero-order valence-electron chi connectivity index (χ0n) is 19.2. The monoisotopic (exact) mass is 492 g/mol. The zero-order valence-corrected chi connectivity index (χ0v) is 19.9. The molecule has 0 saturated carbocycles. The number of halogens is 2. The normalized spacial score (nSPS) is 18.0. The third-order valence-corrected chi connectivity index (χ3v) is 6.33. The fourth-order valence-electron chi connectivity index (χ4n) is 4.22. The highest BCUT2D eigenvalue weighted by atomic mass is 35.5. The molecule has 0 spiro atoms. The number of hydrogen-bond donors (Lipinski definition) is 3. The van der Waals surface area contributed by atoms with Crippen molar-refractivity contribution in [3.05, 3.63) is 94.8 Å². The summed E-state index contributed by atoms with van der Waals surface area (Å²) in [5, 5.41) is 5.58. The number of anilines is 3. The summed E-state index contributed by atoms with van der Waals surface area (Å²) in [6.07, 6.45) is 3.18. The van der Waals surface area contributed by atoms with Crippen molar-refractivity contribution < 1.29 is 14.0 Å². The molecule has 2 amide bonds. The van der Waals surface area contributed by atoms with Crippen molar-refractivity contribution in [2.75, 3.05) is 36.5 Å². The Morgan fingerprint density at radius 1 is 1.06 bits per heavy atom. The van der Waals surface area contributed by atoms with E-state index in [0.29, 0.717) is 23.6 Å². The summed E-state index contributed by atoms with van der Waals surface area (Å²) in [6.45, 7) is 1.34. The van der Waals surface area contributed by atoms with Gasteiger partial charge in [-0.15, -0.1) is 0 Å². The second-order valence-electron chi connectivity index (χ2n) is 8.63. The average molecular weight is 493 g/mol. The molecule has 1 aliphatic rings. The molecule has 180 valence electrons. The van der Waals surface area contributed by atoms with Crippen LogP contribution in [-0.4, -0.2) is 36.9 Å². The minimum absolute atomic E-state index is 0.00157. The van der Waals surface area contributed by atoms with E-state index in [9.17, 15) is 14.0 Å². The lowest BCUT2D eigenvalue weighted by atomic mass is 9.88. The number of carbonyl (C=O) groups is 2. The molecule has 2 unspecified atom stereocenters. The standard InChI is InChI=1S/C27H26ClFN4O2/c1-33-15-20(21(16-33)27(35)31-19-11-12-23(29)22(28)14-19)18-9-6-17(7-10-18)8-13-26(34)32-25-5-3-2-4-24(25)30/h2-14,20-21H,15-16,30H2,1H3,(H,31,35)(H,32,34)/b13-8+. The molecule has 1 saturated heterocycles. The Balaban J connectivity index is 1.41. The van der Waals surface area contributed by atoms with E-state index < -0.39 is 5.82 Å². The predicted molar refractivity (Wildman–Crippen MR) is 139 cm³/mol. The van der Waals surface area contributed by atoms with Crippen LogP contribution in [0, 0.1) is 11.7 Å². The molecule has 0 bridgehead atoms. The Bertz CT molecular complexity index is 1260. The Labute approximate surface area is 208 Å². The maximum absolute atomic E-state index is 13.4. The molecule has 0 aliphatic carbocycles. The molecule has 35 heavy (non-hydrogen) atoms. The van der Waals surface area contributed by atoms with Crippen LogP contribution in [0.5, 0.6) is 0 Å². The molecule has 3 aromatic carbocycles. The smallest absolute Gasteiger partial charge is 0.248 e. The number of hydrogen-bond acceptors (Lipinski definition) is 4. The quantitative estimate of drug-likeness (QED) is 0.334. The second-order valence-corrected chi connectivity index (χ2v) is 9.04. The maximum Gasteiger partial charge on any atom is 0.248 e.